The molecule has 0 aliphatic rings. The molecule has 82 valence electrons. The highest BCUT2D eigenvalue weighted by Gasteiger charge is 2.14. The zero-order chi connectivity index (χ0) is 11.8. The average Bonchev–Trinajstić information content (AvgIpc) is 2.38. The predicted molar refractivity (Wildman–Crippen MR) is 66.9 cm³/mol. The molecule has 0 unspecified atom stereocenters. The molecule has 0 saturated heterocycles. The Morgan fingerprint density at radius 2 is 1.82 bits per heavy atom. The fourth-order valence-electron chi connectivity index (χ4n) is 1.88. The van der Waals surface area contributed by atoms with E-state index in [-0.39, 0.29) is 5.59 Å². The van der Waals surface area contributed by atoms with Gasteiger partial charge in [-0.3, -0.25) is 9.97 Å². The van der Waals surface area contributed by atoms with Crippen LogP contribution in [0.1, 0.15) is 0 Å². The van der Waals surface area contributed by atoms with E-state index in [2.05, 4.69) is 9.97 Å². The first kappa shape index (κ1) is 10.2. The molecule has 0 bridgehead atoms. The second-order valence-corrected chi connectivity index (χ2v) is 3.82. The summed E-state index contributed by atoms with van der Waals surface area (Å²) in [6.07, 6.45) is 1.38. The molecular weight excluding hydrogens is 215 g/mol. The smallest absolute Gasteiger partial charge is 0.422 e. The van der Waals surface area contributed by atoms with Crippen LogP contribution in [0.15, 0.2) is 42.6 Å². The summed E-state index contributed by atoms with van der Waals surface area (Å²) in [5.74, 6) is 0. The Bertz CT molecular complexity index is 700. The van der Waals surface area contributed by atoms with Crippen LogP contribution in [-0.2, 0) is 0 Å². The summed E-state index contributed by atoms with van der Waals surface area (Å²) in [4.78, 5) is 8.41. The first-order valence-corrected chi connectivity index (χ1v) is 5.26. The summed E-state index contributed by atoms with van der Waals surface area (Å²) in [6, 6.07) is 11.6. The van der Waals surface area contributed by atoms with Crippen LogP contribution >= 0.6 is 0 Å². The number of nitrogens with zero attached hydrogens (tertiary/aromatic N) is 2. The summed E-state index contributed by atoms with van der Waals surface area (Å²) in [5, 5.41) is 20.2. The molecule has 1 heterocycles. The Morgan fingerprint density at radius 1 is 1.00 bits per heavy atom. The molecule has 0 aliphatic heterocycles. The van der Waals surface area contributed by atoms with Crippen molar-refractivity contribution in [1.82, 2.24) is 9.97 Å². The van der Waals surface area contributed by atoms with Crippen molar-refractivity contribution < 1.29 is 10.0 Å². The van der Waals surface area contributed by atoms with Gasteiger partial charge in [0.15, 0.2) is 0 Å². The Morgan fingerprint density at radius 3 is 2.65 bits per heavy atom. The molecule has 0 fully saturated rings. The standard InChI is InChI=1S/C12H9BN2O2/c16-13(17)11-7-14-10-6-5-8-3-1-2-4-9(8)12(10)15-11/h1-7,16-17H. The van der Waals surface area contributed by atoms with Crippen molar-refractivity contribution in [3.63, 3.8) is 0 Å². The van der Waals surface area contributed by atoms with Gasteiger partial charge < -0.3 is 10.0 Å². The second-order valence-electron chi connectivity index (χ2n) is 3.82. The van der Waals surface area contributed by atoms with Crippen LogP contribution in [0.25, 0.3) is 21.8 Å². The lowest BCUT2D eigenvalue weighted by Crippen LogP contribution is -2.33. The summed E-state index contributed by atoms with van der Waals surface area (Å²) < 4.78 is 0. The van der Waals surface area contributed by atoms with Crippen LogP contribution < -0.4 is 5.59 Å². The van der Waals surface area contributed by atoms with E-state index in [4.69, 9.17) is 10.0 Å². The lowest BCUT2D eigenvalue weighted by atomic mass is 9.86. The largest absolute Gasteiger partial charge is 0.509 e. The van der Waals surface area contributed by atoms with Crippen LogP contribution in [0.2, 0.25) is 0 Å². The van der Waals surface area contributed by atoms with Gasteiger partial charge >= 0.3 is 7.12 Å². The van der Waals surface area contributed by atoms with E-state index >= 15 is 0 Å². The van der Waals surface area contributed by atoms with Crippen molar-refractivity contribution >= 4 is 34.5 Å². The van der Waals surface area contributed by atoms with Crippen molar-refractivity contribution in [2.45, 2.75) is 0 Å². The number of benzene rings is 2. The number of hydrogen-bond acceptors (Lipinski definition) is 4. The molecule has 2 aromatic carbocycles. The van der Waals surface area contributed by atoms with Gasteiger partial charge in [-0.2, -0.15) is 0 Å². The molecule has 0 radical (unpaired) electrons. The van der Waals surface area contributed by atoms with Crippen LogP contribution in [0.4, 0.5) is 0 Å². The highest BCUT2D eigenvalue weighted by molar-refractivity contribution is 6.57. The SMILES string of the molecule is OB(O)c1cnc2ccc3ccccc3c2n1. The topological polar surface area (TPSA) is 66.2 Å². The molecule has 4 nitrogen and oxygen atoms in total. The molecule has 0 amide bonds. The number of hydrogen-bond donors (Lipinski definition) is 2. The van der Waals surface area contributed by atoms with E-state index in [9.17, 15) is 0 Å². The van der Waals surface area contributed by atoms with Crippen LogP contribution in [0.5, 0.6) is 0 Å². The molecule has 0 saturated carbocycles. The Hall–Kier alpha value is -1.98. The maximum absolute atomic E-state index is 9.11. The molecule has 5 heteroatoms. The Kier molecular flexibility index (Phi) is 2.28. The van der Waals surface area contributed by atoms with E-state index in [1.54, 1.807) is 0 Å². The van der Waals surface area contributed by atoms with E-state index < -0.39 is 7.12 Å². The molecule has 3 aromatic rings. The van der Waals surface area contributed by atoms with Gasteiger partial charge in [-0.1, -0.05) is 30.3 Å². The first-order chi connectivity index (χ1) is 8.25. The average molecular weight is 224 g/mol. The van der Waals surface area contributed by atoms with Gasteiger partial charge in [-0.15, -0.1) is 0 Å². The summed E-state index contributed by atoms with van der Waals surface area (Å²) in [7, 11) is -1.59. The van der Waals surface area contributed by atoms with E-state index in [1.807, 2.05) is 36.4 Å². The fourth-order valence-corrected chi connectivity index (χ4v) is 1.88. The number of rotatable bonds is 1. The normalized spacial score (nSPS) is 10.9. The van der Waals surface area contributed by atoms with Crippen LogP contribution in [0.3, 0.4) is 0 Å². The monoisotopic (exact) mass is 224 g/mol. The lowest BCUT2D eigenvalue weighted by Gasteiger charge is -2.04. The zero-order valence-corrected chi connectivity index (χ0v) is 8.91. The second kappa shape index (κ2) is 3.80. The van der Waals surface area contributed by atoms with E-state index in [0.29, 0.717) is 5.52 Å². The third-order valence-electron chi connectivity index (χ3n) is 2.72. The van der Waals surface area contributed by atoms with Gasteiger partial charge in [-0.25, -0.2) is 0 Å². The minimum absolute atomic E-state index is 0.161. The number of aromatic nitrogens is 2. The van der Waals surface area contributed by atoms with Crippen LogP contribution in [0, 0.1) is 0 Å². The van der Waals surface area contributed by atoms with E-state index in [1.165, 1.54) is 6.20 Å². The minimum atomic E-state index is -1.59. The summed E-state index contributed by atoms with van der Waals surface area (Å²) >= 11 is 0. The van der Waals surface area contributed by atoms with Crippen molar-refractivity contribution in [3.8, 4) is 0 Å². The van der Waals surface area contributed by atoms with Crippen molar-refractivity contribution in [2.75, 3.05) is 0 Å². The van der Waals surface area contributed by atoms with Gasteiger partial charge in [0.2, 0.25) is 0 Å². The molecule has 0 aliphatic carbocycles. The maximum Gasteiger partial charge on any atom is 0.509 e. The van der Waals surface area contributed by atoms with Crippen LogP contribution in [-0.4, -0.2) is 27.1 Å². The van der Waals surface area contributed by atoms with Gasteiger partial charge in [0.1, 0.15) is 0 Å². The van der Waals surface area contributed by atoms with Gasteiger partial charge in [0, 0.05) is 11.6 Å². The quantitative estimate of drug-likeness (QED) is 0.465. The molecule has 1 aromatic heterocycles. The fraction of sp³-hybridized carbons (Fsp3) is 0. The van der Waals surface area contributed by atoms with Gasteiger partial charge in [0.25, 0.3) is 0 Å². The number of fused-ring (bicyclic) bond motifs is 3. The van der Waals surface area contributed by atoms with Gasteiger partial charge in [-0.05, 0) is 11.5 Å². The lowest BCUT2D eigenvalue weighted by molar-refractivity contribution is 0.424. The first-order valence-electron chi connectivity index (χ1n) is 5.26. The zero-order valence-electron chi connectivity index (χ0n) is 8.91. The van der Waals surface area contributed by atoms with Gasteiger partial charge in [0.05, 0.1) is 16.6 Å². The Labute approximate surface area is 97.7 Å². The van der Waals surface area contributed by atoms with Crippen molar-refractivity contribution in [2.24, 2.45) is 0 Å². The highest BCUT2D eigenvalue weighted by Crippen LogP contribution is 2.21. The summed E-state index contributed by atoms with van der Waals surface area (Å²) in [5.41, 5.74) is 1.59. The molecular formula is C12H9BN2O2. The highest BCUT2D eigenvalue weighted by atomic mass is 16.4. The third-order valence-corrected chi connectivity index (χ3v) is 2.72. The maximum atomic E-state index is 9.11. The predicted octanol–water partition coefficient (Wildman–Crippen LogP) is 0.463. The van der Waals surface area contributed by atoms with E-state index in [0.717, 1.165) is 16.3 Å². The molecule has 17 heavy (non-hydrogen) atoms. The molecule has 0 atom stereocenters. The van der Waals surface area contributed by atoms with Crippen molar-refractivity contribution in [3.05, 3.63) is 42.6 Å². The Balaban J connectivity index is 2.42. The van der Waals surface area contributed by atoms with Crippen molar-refractivity contribution in [1.29, 1.82) is 0 Å². The molecule has 3 rings (SSSR count). The minimum Gasteiger partial charge on any atom is -0.422 e. The summed E-state index contributed by atoms with van der Waals surface area (Å²) in [6.45, 7) is 0. The third kappa shape index (κ3) is 1.65. The molecule has 2 N–H and O–H groups in total. The molecule has 0 spiro atoms.